The van der Waals surface area contributed by atoms with Gasteiger partial charge in [0.15, 0.2) is 0 Å². The van der Waals surface area contributed by atoms with E-state index in [9.17, 15) is 19.7 Å². The highest BCUT2D eigenvalue weighted by Gasteiger charge is 2.22. The topological polar surface area (TPSA) is 135 Å². The molecule has 2 N–H and O–H groups in total. The van der Waals surface area contributed by atoms with Gasteiger partial charge in [-0.15, -0.1) is 0 Å². The van der Waals surface area contributed by atoms with Crippen molar-refractivity contribution >= 4 is 28.5 Å². The quantitative estimate of drug-likeness (QED) is 0.360. The molecule has 9 heteroatoms. The van der Waals surface area contributed by atoms with Crippen LogP contribution in [0, 0.1) is 17.0 Å². The molecule has 0 spiro atoms. The normalized spacial score (nSPS) is 10.7. The zero-order valence-electron chi connectivity index (χ0n) is 16.4. The summed E-state index contributed by atoms with van der Waals surface area (Å²) >= 11 is 0. The molecule has 9 nitrogen and oxygen atoms in total. The Labute approximate surface area is 171 Å². The first-order valence-electron chi connectivity index (χ1n) is 8.95. The number of hydrogen-bond donors (Lipinski definition) is 1. The molecule has 1 heterocycles. The number of nitrogens with zero attached hydrogens (tertiary/aromatic N) is 2. The van der Waals surface area contributed by atoms with Crippen LogP contribution in [-0.4, -0.2) is 28.9 Å². The molecule has 30 heavy (non-hydrogen) atoms. The first-order valence-corrected chi connectivity index (χ1v) is 8.95. The highest BCUT2D eigenvalue weighted by Crippen LogP contribution is 2.26. The van der Waals surface area contributed by atoms with Gasteiger partial charge in [-0.3, -0.25) is 14.9 Å². The third-order valence-electron chi connectivity index (χ3n) is 4.64. The minimum atomic E-state index is -0.788. The van der Waals surface area contributed by atoms with Gasteiger partial charge in [-0.1, -0.05) is 18.2 Å². The Balaban J connectivity index is 1.94. The van der Waals surface area contributed by atoms with E-state index in [0.717, 1.165) is 17.0 Å². The summed E-state index contributed by atoms with van der Waals surface area (Å²) in [5, 5.41) is 12.1. The fourth-order valence-corrected chi connectivity index (χ4v) is 3.18. The fraction of sp³-hybridized carbons (Fsp3) is 0.190. The van der Waals surface area contributed by atoms with Crippen LogP contribution >= 0.6 is 0 Å². The highest BCUT2D eigenvalue weighted by atomic mass is 16.6. The molecule has 0 bridgehead atoms. The van der Waals surface area contributed by atoms with Crippen LogP contribution in [0.5, 0.6) is 0 Å². The van der Waals surface area contributed by atoms with Crippen molar-refractivity contribution < 1.29 is 24.0 Å². The van der Waals surface area contributed by atoms with Crippen LogP contribution in [-0.2, 0) is 22.7 Å². The molecule has 0 fully saturated rings. The highest BCUT2D eigenvalue weighted by molar-refractivity contribution is 5.98. The van der Waals surface area contributed by atoms with E-state index >= 15 is 0 Å². The van der Waals surface area contributed by atoms with Crippen molar-refractivity contribution in [2.24, 2.45) is 5.73 Å². The van der Waals surface area contributed by atoms with Gasteiger partial charge < -0.3 is 15.2 Å². The molecule has 2 aromatic carbocycles. The third kappa shape index (κ3) is 4.11. The minimum Gasteiger partial charge on any atom is -0.457 e. The molecule has 0 saturated carbocycles. The van der Waals surface area contributed by atoms with Crippen LogP contribution in [0.4, 0.5) is 5.69 Å². The summed E-state index contributed by atoms with van der Waals surface area (Å²) in [6.45, 7) is 1.53. The number of fused-ring (bicyclic) bond motifs is 1. The average molecular weight is 409 g/mol. The lowest BCUT2D eigenvalue weighted by Gasteiger charge is -2.14. The number of esters is 1. The van der Waals surface area contributed by atoms with E-state index in [-0.39, 0.29) is 35.6 Å². The second-order valence-electron chi connectivity index (χ2n) is 6.55. The number of hydrogen-bond acceptors (Lipinski definition) is 7. The van der Waals surface area contributed by atoms with Crippen LogP contribution < -0.4 is 5.73 Å². The summed E-state index contributed by atoms with van der Waals surface area (Å²) < 4.78 is 10.5. The number of para-hydroxylation sites is 1. The summed E-state index contributed by atoms with van der Waals surface area (Å²) in [5.41, 5.74) is 7.01. The molecule has 0 radical (unpaired) electrons. The van der Waals surface area contributed by atoms with Gasteiger partial charge in [0, 0.05) is 24.1 Å². The number of ether oxygens (including phenoxy) is 2. The molecular formula is C21H19N3O6. The number of pyridine rings is 1. The lowest BCUT2D eigenvalue weighted by Crippen LogP contribution is -2.14. The molecule has 0 aliphatic carbocycles. The molecule has 3 aromatic rings. The Bertz CT molecular complexity index is 1160. The Hall–Kier alpha value is -3.85. The number of primary amides is 1. The SMILES string of the molecule is COCc1nc2ccccc2c(C)c1C(=O)OCc1ccc(C(N)=O)cc1[N+](=O)[O-]. The third-order valence-corrected chi connectivity index (χ3v) is 4.64. The maximum atomic E-state index is 12.9. The zero-order valence-corrected chi connectivity index (χ0v) is 16.4. The maximum absolute atomic E-state index is 12.9. The number of rotatable bonds is 7. The van der Waals surface area contributed by atoms with E-state index in [0.29, 0.717) is 11.3 Å². The van der Waals surface area contributed by atoms with E-state index in [1.54, 1.807) is 6.92 Å². The van der Waals surface area contributed by atoms with Crippen LogP contribution in [0.3, 0.4) is 0 Å². The van der Waals surface area contributed by atoms with Gasteiger partial charge in [-0.05, 0) is 30.7 Å². The monoisotopic (exact) mass is 409 g/mol. The molecule has 1 aromatic heterocycles. The molecule has 1 amide bonds. The first-order chi connectivity index (χ1) is 14.3. The summed E-state index contributed by atoms with van der Waals surface area (Å²) in [5.74, 6) is -1.46. The number of nitrogens with two attached hydrogens (primary N) is 1. The molecule has 0 saturated heterocycles. The molecule has 0 aliphatic rings. The van der Waals surface area contributed by atoms with Crippen LogP contribution in [0.1, 0.15) is 37.5 Å². The van der Waals surface area contributed by atoms with Crippen molar-refractivity contribution in [3.8, 4) is 0 Å². The van der Waals surface area contributed by atoms with Crippen molar-refractivity contribution in [1.82, 2.24) is 4.98 Å². The van der Waals surface area contributed by atoms with Gasteiger partial charge in [-0.2, -0.15) is 0 Å². The smallest absolute Gasteiger partial charge is 0.340 e. The number of aromatic nitrogens is 1. The summed E-state index contributed by atoms with van der Waals surface area (Å²) in [6, 6.07) is 11.1. The van der Waals surface area contributed by atoms with E-state index < -0.39 is 16.8 Å². The van der Waals surface area contributed by atoms with Crippen molar-refractivity contribution in [2.75, 3.05) is 7.11 Å². The van der Waals surface area contributed by atoms with Crippen molar-refractivity contribution in [3.63, 3.8) is 0 Å². The van der Waals surface area contributed by atoms with Crippen molar-refractivity contribution in [3.05, 3.63) is 80.5 Å². The van der Waals surface area contributed by atoms with Gasteiger partial charge in [0.1, 0.15) is 6.61 Å². The Morgan fingerprint density at radius 1 is 1.17 bits per heavy atom. The van der Waals surface area contributed by atoms with E-state index in [1.807, 2.05) is 24.3 Å². The molecule has 154 valence electrons. The molecule has 0 unspecified atom stereocenters. The lowest BCUT2D eigenvalue weighted by molar-refractivity contribution is -0.385. The molecular weight excluding hydrogens is 390 g/mol. The van der Waals surface area contributed by atoms with Crippen LogP contribution in [0.15, 0.2) is 42.5 Å². The first kappa shape index (κ1) is 20.9. The number of carbonyl (C=O) groups excluding carboxylic acids is 2. The number of aryl methyl sites for hydroxylation is 1. The maximum Gasteiger partial charge on any atom is 0.340 e. The second-order valence-corrected chi connectivity index (χ2v) is 6.55. The summed E-state index contributed by atoms with van der Waals surface area (Å²) in [6.07, 6.45) is 0. The molecule has 0 atom stereocenters. The lowest BCUT2D eigenvalue weighted by atomic mass is 10.0. The van der Waals surface area contributed by atoms with Gasteiger partial charge in [0.2, 0.25) is 5.91 Å². The Morgan fingerprint density at radius 2 is 1.90 bits per heavy atom. The van der Waals surface area contributed by atoms with Crippen LogP contribution in [0.25, 0.3) is 10.9 Å². The minimum absolute atomic E-state index is 0.00580. The number of nitro groups is 1. The fourth-order valence-electron chi connectivity index (χ4n) is 3.18. The van der Waals surface area contributed by atoms with Gasteiger partial charge in [0.25, 0.3) is 5.69 Å². The largest absolute Gasteiger partial charge is 0.457 e. The Kier molecular flexibility index (Phi) is 6.03. The predicted octanol–water partition coefficient (Wildman–Crippen LogP) is 3.05. The Morgan fingerprint density at radius 3 is 2.57 bits per heavy atom. The molecule has 3 rings (SSSR count). The number of amides is 1. The summed E-state index contributed by atoms with van der Waals surface area (Å²) in [4.78, 5) is 39.3. The number of benzene rings is 2. The standard InChI is InChI=1S/C21H19N3O6/c1-12-15-5-3-4-6-16(15)23-17(11-29-2)19(12)21(26)30-10-14-8-7-13(20(22)25)9-18(14)24(27)28/h3-9H,10-11H2,1-2H3,(H2,22,25). The zero-order chi connectivity index (χ0) is 21.8. The summed E-state index contributed by atoms with van der Waals surface area (Å²) in [7, 11) is 1.49. The van der Waals surface area contributed by atoms with E-state index in [4.69, 9.17) is 15.2 Å². The number of nitro benzene ring substituents is 1. The van der Waals surface area contributed by atoms with Gasteiger partial charge >= 0.3 is 5.97 Å². The van der Waals surface area contributed by atoms with E-state index in [1.165, 1.54) is 19.2 Å². The second kappa shape index (κ2) is 8.66. The van der Waals surface area contributed by atoms with Crippen LogP contribution in [0.2, 0.25) is 0 Å². The van der Waals surface area contributed by atoms with Gasteiger partial charge in [0.05, 0.1) is 33.9 Å². The average Bonchev–Trinajstić information content (AvgIpc) is 2.72. The van der Waals surface area contributed by atoms with Gasteiger partial charge in [-0.25, -0.2) is 9.78 Å². The van der Waals surface area contributed by atoms with Crippen molar-refractivity contribution in [1.29, 1.82) is 0 Å². The number of carbonyl (C=O) groups is 2. The number of methoxy groups -OCH3 is 1. The van der Waals surface area contributed by atoms with Crippen molar-refractivity contribution in [2.45, 2.75) is 20.1 Å². The van der Waals surface area contributed by atoms with E-state index in [2.05, 4.69) is 4.98 Å². The predicted molar refractivity (Wildman–Crippen MR) is 108 cm³/mol. The molecule has 0 aliphatic heterocycles.